The summed E-state index contributed by atoms with van der Waals surface area (Å²) in [7, 11) is 0. The molecule has 1 aromatic carbocycles. The first-order valence-corrected chi connectivity index (χ1v) is 7.38. The number of benzene rings is 1. The van der Waals surface area contributed by atoms with Crippen molar-refractivity contribution in [2.24, 2.45) is 0 Å². The molecular formula is C15H18N2S. The maximum Gasteiger partial charge on any atom is 0.0523 e. The predicted molar refractivity (Wildman–Crippen MR) is 78.2 cm³/mol. The Kier molecular flexibility index (Phi) is 3.35. The Labute approximate surface area is 112 Å². The second-order valence-electron chi connectivity index (χ2n) is 4.73. The van der Waals surface area contributed by atoms with Gasteiger partial charge < -0.3 is 10.2 Å². The second-order valence-corrected chi connectivity index (χ2v) is 5.51. The van der Waals surface area contributed by atoms with Crippen molar-refractivity contribution < 1.29 is 0 Å². The van der Waals surface area contributed by atoms with Crippen molar-refractivity contribution in [1.29, 1.82) is 0 Å². The molecule has 1 unspecified atom stereocenters. The van der Waals surface area contributed by atoms with Crippen molar-refractivity contribution in [1.82, 2.24) is 5.32 Å². The van der Waals surface area contributed by atoms with Gasteiger partial charge in [0.25, 0.3) is 0 Å². The van der Waals surface area contributed by atoms with E-state index in [1.165, 1.54) is 16.8 Å². The highest BCUT2D eigenvalue weighted by molar-refractivity contribution is 7.08. The molecule has 2 aromatic rings. The molecule has 0 amide bonds. The number of fused-ring (bicyclic) bond motifs is 1. The molecule has 1 atom stereocenters. The molecule has 0 saturated heterocycles. The minimum absolute atomic E-state index is 0.442. The van der Waals surface area contributed by atoms with E-state index >= 15 is 0 Å². The standard InChI is InChI=1S/C15H18N2S/c1-12(14-6-9-18-11-14)17-8-7-16-10-13-4-2-3-5-15(13)17/h2-6,9,11-12,16H,7-8,10H2,1H3. The van der Waals surface area contributed by atoms with E-state index < -0.39 is 0 Å². The van der Waals surface area contributed by atoms with E-state index in [-0.39, 0.29) is 0 Å². The average molecular weight is 258 g/mol. The van der Waals surface area contributed by atoms with E-state index in [1.54, 1.807) is 11.3 Å². The van der Waals surface area contributed by atoms with Crippen LogP contribution >= 0.6 is 11.3 Å². The molecule has 94 valence electrons. The fourth-order valence-corrected chi connectivity index (χ4v) is 3.33. The summed E-state index contributed by atoms with van der Waals surface area (Å²) in [6, 6.07) is 11.4. The number of rotatable bonds is 2. The lowest BCUT2D eigenvalue weighted by molar-refractivity contribution is 0.640. The molecule has 0 bridgehead atoms. The van der Waals surface area contributed by atoms with Crippen LogP contribution in [0.4, 0.5) is 5.69 Å². The molecule has 3 heteroatoms. The smallest absolute Gasteiger partial charge is 0.0523 e. The topological polar surface area (TPSA) is 15.3 Å². The summed E-state index contributed by atoms with van der Waals surface area (Å²) in [5, 5.41) is 7.91. The fraction of sp³-hybridized carbons (Fsp3) is 0.333. The average Bonchev–Trinajstić information content (AvgIpc) is 2.85. The van der Waals surface area contributed by atoms with Crippen LogP contribution in [-0.2, 0) is 6.54 Å². The Bertz CT molecular complexity index is 507. The summed E-state index contributed by atoms with van der Waals surface area (Å²) >= 11 is 1.78. The molecule has 1 aliphatic rings. The molecule has 2 heterocycles. The van der Waals surface area contributed by atoms with Crippen LogP contribution < -0.4 is 10.2 Å². The summed E-state index contributed by atoms with van der Waals surface area (Å²) < 4.78 is 0. The van der Waals surface area contributed by atoms with Gasteiger partial charge in [-0.1, -0.05) is 18.2 Å². The molecule has 0 radical (unpaired) electrons. The number of hydrogen-bond donors (Lipinski definition) is 1. The van der Waals surface area contributed by atoms with Gasteiger partial charge in [0.05, 0.1) is 6.04 Å². The van der Waals surface area contributed by atoms with Gasteiger partial charge in [-0.05, 0) is 40.9 Å². The van der Waals surface area contributed by atoms with Gasteiger partial charge in [-0.2, -0.15) is 11.3 Å². The van der Waals surface area contributed by atoms with Crippen LogP contribution in [-0.4, -0.2) is 13.1 Å². The van der Waals surface area contributed by atoms with Crippen molar-refractivity contribution in [3.63, 3.8) is 0 Å². The third kappa shape index (κ3) is 2.16. The highest BCUT2D eigenvalue weighted by atomic mass is 32.1. The molecule has 3 rings (SSSR count). The number of nitrogens with zero attached hydrogens (tertiary/aromatic N) is 1. The lowest BCUT2D eigenvalue weighted by Gasteiger charge is -2.31. The predicted octanol–water partition coefficient (Wildman–Crippen LogP) is 3.42. The van der Waals surface area contributed by atoms with Crippen molar-refractivity contribution in [3.05, 3.63) is 52.2 Å². The molecule has 2 nitrogen and oxygen atoms in total. The third-order valence-corrected chi connectivity index (χ3v) is 4.34. The van der Waals surface area contributed by atoms with Crippen LogP contribution in [0.25, 0.3) is 0 Å². The third-order valence-electron chi connectivity index (χ3n) is 3.64. The quantitative estimate of drug-likeness (QED) is 0.888. The summed E-state index contributed by atoms with van der Waals surface area (Å²) in [6.07, 6.45) is 0. The molecular weight excluding hydrogens is 240 g/mol. The Morgan fingerprint density at radius 3 is 3.00 bits per heavy atom. The van der Waals surface area contributed by atoms with E-state index in [0.717, 1.165) is 19.6 Å². The van der Waals surface area contributed by atoms with Crippen molar-refractivity contribution in [2.45, 2.75) is 19.5 Å². The van der Waals surface area contributed by atoms with Gasteiger partial charge in [0.1, 0.15) is 0 Å². The van der Waals surface area contributed by atoms with Gasteiger partial charge in [-0.15, -0.1) is 0 Å². The van der Waals surface area contributed by atoms with E-state index in [1.807, 2.05) is 0 Å². The number of para-hydroxylation sites is 1. The van der Waals surface area contributed by atoms with Crippen molar-refractivity contribution in [3.8, 4) is 0 Å². The first-order chi connectivity index (χ1) is 8.86. The molecule has 0 spiro atoms. The number of thiophene rings is 1. The minimum Gasteiger partial charge on any atom is -0.363 e. The van der Waals surface area contributed by atoms with Crippen LogP contribution in [0.3, 0.4) is 0 Å². The molecule has 0 fully saturated rings. The van der Waals surface area contributed by atoms with Crippen LogP contribution in [0.2, 0.25) is 0 Å². The first-order valence-electron chi connectivity index (χ1n) is 6.43. The molecule has 0 aliphatic carbocycles. The Balaban J connectivity index is 1.96. The van der Waals surface area contributed by atoms with E-state index in [4.69, 9.17) is 0 Å². The van der Waals surface area contributed by atoms with Gasteiger partial charge in [0.15, 0.2) is 0 Å². The summed E-state index contributed by atoms with van der Waals surface area (Å²) in [5.41, 5.74) is 4.19. The summed E-state index contributed by atoms with van der Waals surface area (Å²) in [4.78, 5) is 2.51. The zero-order chi connectivity index (χ0) is 12.4. The van der Waals surface area contributed by atoms with Gasteiger partial charge in [-0.25, -0.2) is 0 Å². The van der Waals surface area contributed by atoms with Crippen molar-refractivity contribution in [2.75, 3.05) is 18.0 Å². The van der Waals surface area contributed by atoms with Crippen LogP contribution in [0, 0.1) is 0 Å². The minimum atomic E-state index is 0.442. The van der Waals surface area contributed by atoms with Gasteiger partial charge in [-0.3, -0.25) is 0 Å². The van der Waals surface area contributed by atoms with E-state index in [0.29, 0.717) is 6.04 Å². The molecule has 1 N–H and O–H groups in total. The molecule has 1 aromatic heterocycles. The number of nitrogens with one attached hydrogen (secondary N) is 1. The largest absolute Gasteiger partial charge is 0.363 e. The molecule has 1 aliphatic heterocycles. The summed E-state index contributed by atoms with van der Waals surface area (Å²) in [5.74, 6) is 0. The summed E-state index contributed by atoms with van der Waals surface area (Å²) in [6.45, 7) is 5.38. The van der Waals surface area contributed by atoms with Gasteiger partial charge >= 0.3 is 0 Å². The molecule has 0 saturated carbocycles. The Morgan fingerprint density at radius 1 is 1.28 bits per heavy atom. The normalized spacial score (nSPS) is 17.1. The monoisotopic (exact) mass is 258 g/mol. The molecule has 18 heavy (non-hydrogen) atoms. The van der Waals surface area contributed by atoms with Crippen LogP contribution in [0.1, 0.15) is 24.1 Å². The van der Waals surface area contributed by atoms with Gasteiger partial charge in [0, 0.05) is 25.3 Å². The lowest BCUT2D eigenvalue weighted by Crippen LogP contribution is -2.31. The van der Waals surface area contributed by atoms with Crippen LogP contribution in [0.5, 0.6) is 0 Å². The zero-order valence-electron chi connectivity index (χ0n) is 10.6. The van der Waals surface area contributed by atoms with E-state index in [9.17, 15) is 0 Å². The lowest BCUT2D eigenvalue weighted by atomic mass is 10.1. The number of anilines is 1. The zero-order valence-corrected chi connectivity index (χ0v) is 11.4. The Morgan fingerprint density at radius 2 is 2.17 bits per heavy atom. The van der Waals surface area contributed by atoms with Crippen LogP contribution in [0.15, 0.2) is 41.1 Å². The van der Waals surface area contributed by atoms with Crippen molar-refractivity contribution >= 4 is 17.0 Å². The SMILES string of the molecule is CC(c1ccsc1)N1CCNCc2ccccc21. The second kappa shape index (κ2) is 5.12. The number of hydrogen-bond acceptors (Lipinski definition) is 3. The highest BCUT2D eigenvalue weighted by Gasteiger charge is 2.20. The maximum absolute atomic E-state index is 3.49. The van der Waals surface area contributed by atoms with Gasteiger partial charge in [0.2, 0.25) is 0 Å². The maximum atomic E-state index is 3.49. The highest BCUT2D eigenvalue weighted by Crippen LogP contribution is 2.31. The van der Waals surface area contributed by atoms with E-state index in [2.05, 4.69) is 58.2 Å². The fourth-order valence-electron chi connectivity index (χ4n) is 2.58. The Hall–Kier alpha value is -1.32. The first kappa shape index (κ1) is 11.8.